The molecule has 1 heterocycles. The highest BCUT2D eigenvalue weighted by Gasteiger charge is 2.23. The molecule has 7 nitrogen and oxygen atoms in total. The van der Waals surface area contributed by atoms with Gasteiger partial charge in [-0.1, -0.05) is 48.5 Å². The summed E-state index contributed by atoms with van der Waals surface area (Å²) in [6, 6.07) is 19.5. The van der Waals surface area contributed by atoms with Gasteiger partial charge in [-0.3, -0.25) is 14.4 Å². The van der Waals surface area contributed by atoms with Crippen molar-refractivity contribution in [1.82, 2.24) is 9.47 Å². The molecule has 0 bridgehead atoms. The van der Waals surface area contributed by atoms with Gasteiger partial charge in [0, 0.05) is 16.6 Å². The largest absolute Gasteiger partial charge is 0.468 e. The third kappa shape index (κ3) is 4.63. The molecule has 7 heteroatoms. The number of benzene rings is 2. The molecule has 0 saturated carbocycles. The predicted octanol–water partition coefficient (Wildman–Crippen LogP) is 2.48. The highest BCUT2D eigenvalue weighted by molar-refractivity contribution is 5.91. The molecule has 0 saturated heterocycles. The van der Waals surface area contributed by atoms with Gasteiger partial charge in [-0.25, -0.2) is 0 Å². The van der Waals surface area contributed by atoms with Crippen LogP contribution in [0.15, 0.2) is 60.7 Å². The highest BCUT2D eigenvalue weighted by Crippen LogP contribution is 2.28. The Balaban J connectivity index is 1.97. The second-order valence-corrected chi connectivity index (χ2v) is 6.44. The zero-order valence-corrected chi connectivity index (χ0v) is 16.3. The average molecular weight is 394 g/mol. The van der Waals surface area contributed by atoms with Crippen LogP contribution in [0.3, 0.4) is 0 Å². The lowest BCUT2D eigenvalue weighted by atomic mass is 10.1. The first-order valence-corrected chi connectivity index (χ1v) is 9.08. The van der Waals surface area contributed by atoms with Crippen LogP contribution in [0.4, 0.5) is 0 Å². The van der Waals surface area contributed by atoms with Crippen molar-refractivity contribution in [1.29, 1.82) is 0 Å². The minimum atomic E-state index is -0.608. The number of methoxy groups -OCH3 is 2. The summed E-state index contributed by atoms with van der Waals surface area (Å²) in [4.78, 5) is 37.6. The molecular formula is C22H22N2O5. The minimum absolute atomic E-state index is 0.0360. The number of nitrogens with zero attached hydrogens (tertiary/aromatic N) is 2. The number of rotatable bonds is 7. The lowest BCUT2D eigenvalue weighted by Crippen LogP contribution is -2.41. The maximum Gasteiger partial charge on any atom is 0.325 e. The Morgan fingerprint density at radius 2 is 1.45 bits per heavy atom. The van der Waals surface area contributed by atoms with Gasteiger partial charge >= 0.3 is 11.9 Å². The Bertz CT molecular complexity index is 1010. The number of hydrogen-bond donors (Lipinski definition) is 0. The third-order valence-corrected chi connectivity index (χ3v) is 4.62. The average Bonchev–Trinajstić information content (AvgIpc) is 3.12. The summed E-state index contributed by atoms with van der Waals surface area (Å²) in [7, 11) is 2.46. The van der Waals surface area contributed by atoms with Crippen LogP contribution in [0.2, 0.25) is 0 Å². The van der Waals surface area contributed by atoms with Crippen LogP contribution in [0.5, 0.6) is 0 Å². The van der Waals surface area contributed by atoms with Gasteiger partial charge in [-0.2, -0.15) is 0 Å². The molecule has 0 fully saturated rings. The summed E-state index contributed by atoms with van der Waals surface area (Å²) < 4.78 is 11.2. The van der Waals surface area contributed by atoms with Gasteiger partial charge in [-0.05, 0) is 17.7 Å². The normalized spacial score (nSPS) is 10.6. The van der Waals surface area contributed by atoms with Crippen LogP contribution in [0.1, 0.15) is 0 Å². The van der Waals surface area contributed by atoms with Crippen molar-refractivity contribution in [2.75, 3.05) is 27.3 Å². The number of hydrogen-bond acceptors (Lipinski definition) is 5. The molecule has 3 aromatic rings. The first-order chi connectivity index (χ1) is 14.0. The van der Waals surface area contributed by atoms with Crippen LogP contribution in [-0.4, -0.2) is 54.6 Å². The van der Waals surface area contributed by atoms with E-state index >= 15 is 0 Å². The van der Waals surface area contributed by atoms with E-state index in [1.165, 1.54) is 14.2 Å². The first-order valence-electron chi connectivity index (χ1n) is 9.08. The SMILES string of the molecule is COC(=O)CN(CC(=O)OC)C(=O)Cn1c(-c2ccccc2)cc2ccccc21. The van der Waals surface area contributed by atoms with E-state index in [1.54, 1.807) is 0 Å². The van der Waals surface area contributed by atoms with Gasteiger partial charge in [0.1, 0.15) is 19.6 Å². The summed E-state index contributed by atoms with van der Waals surface area (Å²) >= 11 is 0. The van der Waals surface area contributed by atoms with E-state index in [9.17, 15) is 14.4 Å². The molecular weight excluding hydrogens is 372 g/mol. The van der Waals surface area contributed by atoms with Gasteiger partial charge in [-0.15, -0.1) is 0 Å². The molecule has 0 aliphatic rings. The lowest BCUT2D eigenvalue weighted by molar-refractivity contribution is -0.152. The predicted molar refractivity (Wildman–Crippen MR) is 108 cm³/mol. The number of ether oxygens (including phenoxy) is 2. The zero-order valence-electron chi connectivity index (χ0n) is 16.3. The number of amides is 1. The minimum Gasteiger partial charge on any atom is -0.468 e. The van der Waals surface area contributed by atoms with E-state index in [1.807, 2.05) is 65.2 Å². The van der Waals surface area contributed by atoms with Crippen molar-refractivity contribution in [2.45, 2.75) is 6.54 Å². The molecule has 0 atom stereocenters. The smallest absolute Gasteiger partial charge is 0.325 e. The van der Waals surface area contributed by atoms with Crippen LogP contribution in [0.25, 0.3) is 22.2 Å². The third-order valence-electron chi connectivity index (χ3n) is 4.62. The lowest BCUT2D eigenvalue weighted by Gasteiger charge is -2.21. The second-order valence-electron chi connectivity index (χ2n) is 6.44. The molecule has 0 aliphatic heterocycles. The number of carbonyl (C=O) groups excluding carboxylic acids is 3. The zero-order chi connectivity index (χ0) is 20.8. The van der Waals surface area contributed by atoms with Gasteiger partial charge in [0.25, 0.3) is 0 Å². The van der Waals surface area contributed by atoms with E-state index in [0.717, 1.165) is 27.1 Å². The van der Waals surface area contributed by atoms with Crippen molar-refractivity contribution < 1.29 is 23.9 Å². The fourth-order valence-electron chi connectivity index (χ4n) is 3.14. The van der Waals surface area contributed by atoms with Gasteiger partial charge in [0.2, 0.25) is 5.91 Å². The van der Waals surface area contributed by atoms with E-state index in [4.69, 9.17) is 0 Å². The summed E-state index contributed by atoms with van der Waals surface area (Å²) in [6.45, 7) is -0.694. The van der Waals surface area contributed by atoms with Crippen LogP contribution in [-0.2, 0) is 30.4 Å². The molecule has 0 aliphatic carbocycles. The molecule has 1 aromatic heterocycles. The number of para-hydroxylation sites is 1. The maximum atomic E-state index is 13.0. The summed E-state index contributed by atoms with van der Waals surface area (Å²) in [5.74, 6) is -1.61. The molecule has 2 aromatic carbocycles. The fourth-order valence-corrected chi connectivity index (χ4v) is 3.14. The molecule has 0 radical (unpaired) electrons. The fraction of sp³-hybridized carbons (Fsp3) is 0.227. The van der Waals surface area contributed by atoms with E-state index in [0.29, 0.717) is 0 Å². The number of aromatic nitrogens is 1. The highest BCUT2D eigenvalue weighted by atomic mass is 16.5. The number of carbonyl (C=O) groups is 3. The number of esters is 2. The van der Waals surface area contributed by atoms with Crippen molar-refractivity contribution in [3.63, 3.8) is 0 Å². The van der Waals surface area contributed by atoms with Crippen molar-refractivity contribution in [2.24, 2.45) is 0 Å². The second kappa shape index (κ2) is 9.05. The Labute approximate surface area is 168 Å². The van der Waals surface area contributed by atoms with Crippen LogP contribution >= 0.6 is 0 Å². The molecule has 0 unspecified atom stereocenters. The van der Waals surface area contributed by atoms with Crippen LogP contribution < -0.4 is 0 Å². The van der Waals surface area contributed by atoms with Crippen molar-refractivity contribution >= 4 is 28.7 Å². The van der Waals surface area contributed by atoms with Crippen molar-refractivity contribution in [3.8, 4) is 11.3 Å². The molecule has 0 N–H and O–H groups in total. The molecule has 3 rings (SSSR count). The van der Waals surface area contributed by atoms with Gasteiger partial charge < -0.3 is 18.9 Å². The van der Waals surface area contributed by atoms with E-state index in [2.05, 4.69) is 9.47 Å². The standard InChI is InChI=1S/C22H22N2O5/c1-28-21(26)14-23(15-22(27)29-2)20(25)13-24-18-11-7-6-10-17(18)12-19(24)16-8-4-3-5-9-16/h3-12H,13-15H2,1-2H3. The monoisotopic (exact) mass is 394 g/mol. The molecule has 150 valence electrons. The molecule has 0 spiro atoms. The maximum absolute atomic E-state index is 13.0. The van der Waals surface area contributed by atoms with Gasteiger partial charge in [0.15, 0.2) is 0 Å². The Hall–Kier alpha value is -3.61. The summed E-state index contributed by atoms with van der Waals surface area (Å²) in [5, 5.41) is 0.992. The molecule has 1 amide bonds. The topological polar surface area (TPSA) is 77.8 Å². The number of fused-ring (bicyclic) bond motifs is 1. The van der Waals surface area contributed by atoms with Gasteiger partial charge in [0.05, 0.1) is 14.2 Å². The van der Waals surface area contributed by atoms with E-state index in [-0.39, 0.29) is 25.5 Å². The van der Waals surface area contributed by atoms with E-state index < -0.39 is 11.9 Å². The first kappa shape index (κ1) is 20.1. The Kier molecular flexibility index (Phi) is 6.29. The summed E-state index contributed by atoms with van der Waals surface area (Å²) in [6.07, 6.45) is 0. The Morgan fingerprint density at radius 1 is 0.862 bits per heavy atom. The quantitative estimate of drug-likeness (QED) is 0.576. The summed E-state index contributed by atoms with van der Waals surface area (Å²) in [5.41, 5.74) is 2.72. The Morgan fingerprint density at radius 3 is 2.07 bits per heavy atom. The van der Waals surface area contributed by atoms with Crippen LogP contribution in [0, 0.1) is 0 Å². The molecule has 29 heavy (non-hydrogen) atoms. The van der Waals surface area contributed by atoms with Crippen molar-refractivity contribution in [3.05, 3.63) is 60.7 Å².